The topological polar surface area (TPSA) is 47.0 Å². The van der Waals surface area contributed by atoms with Gasteiger partial charge in [-0.05, 0) is 75.6 Å². The summed E-state index contributed by atoms with van der Waals surface area (Å²) in [6, 6.07) is 12.0. The van der Waals surface area contributed by atoms with Crippen LogP contribution in [-0.2, 0) is 0 Å². The number of anilines is 2. The highest BCUT2D eigenvalue weighted by Gasteiger charge is 2.47. The Balaban J connectivity index is 1.92. The van der Waals surface area contributed by atoms with Crippen LogP contribution in [0.5, 0.6) is 5.75 Å². The van der Waals surface area contributed by atoms with Crippen LogP contribution in [0.4, 0.5) is 11.5 Å². The molecule has 160 valence electrons. The largest absolute Gasteiger partial charge is 0.542 e. The van der Waals surface area contributed by atoms with Crippen molar-refractivity contribution in [3.05, 3.63) is 51.3 Å². The Hall–Kier alpha value is -1.38. The van der Waals surface area contributed by atoms with E-state index in [1.165, 1.54) is 0 Å². The maximum absolute atomic E-state index is 6.76. The molecule has 3 aromatic rings. The normalized spacial score (nSPS) is 12.2. The molecule has 0 unspecified atom stereocenters. The molecule has 1 heterocycles. The van der Waals surface area contributed by atoms with Gasteiger partial charge in [-0.2, -0.15) is 0 Å². The zero-order valence-corrected chi connectivity index (χ0v) is 22.2. The number of aromatic nitrogens is 2. The maximum atomic E-state index is 6.76. The number of nitrogens with one attached hydrogen (secondary N) is 1. The molecular formula is C23H29ClIN3OSi. The first-order valence-corrected chi connectivity index (χ1v) is 13.9. The fourth-order valence-electron chi connectivity index (χ4n) is 4.47. The number of hydrogen-bond acceptors (Lipinski definition) is 4. The van der Waals surface area contributed by atoms with E-state index in [4.69, 9.17) is 16.0 Å². The van der Waals surface area contributed by atoms with Crippen LogP contribution in [-0.4, -0.2) is 18.3 Å². The Morgan fingerprint density at radius 2 is 1.60 bits per heavy atom. The Bertz CT molecular complexity index is 1020. The number of rotatable bonds is 7. The Kier molecular flexibility index (Phi) is 7.30. The van der Waals surface area contributed by atoms with E-state index in [0.29, 0.717) is 21.6 Å². The summed E-state index contributed by atoms with van der Waals surface area (Å²) in [4.78, 5) is 8.78. The molecule has 0 fully saturated rings. The fourth-order valence-corrected chi connectivity index (χ4v) is 10.5. The molecule has 0 aliphatic heterocycles. The summed E-state index contributed by atoms with van der Waals surface area (Å²) in [5.74, 6) is 1.53. The molecule has 0 radical (unpaired) electrons. The summed E-state index contributed by atoms with van der Waals surface area (Å²) in [5, 5.41) is 4.99. The van der Waals surface area contributed by atoms with E-state index in [2.05, 4.69) is 85.5 Å². The lowest BCUT2D eigenvalue weighted by Gasteiger charge is -2.42. The molecule has 0 aliphatic rings. The molecule has 2 aromatic carbocycles. The first kappa shape index (κ1) is 23.3. The third-order valence-electron chi connectivity index (χ3n) is 5.79. The molecule has 0 saturated carbocycles. The molecule has 1 aromatic heterocycles. The van der Waals surface area contributed by atoms with Crippen molar-refractivity contribution in [2.24, 2.45) is 0 Å². The zero-order valence-electron chi connectivity index (χ0n) is 18.3. The maximum Gasteiger partial charge on any atom is 0.258 e. The average Bonchev–Trinajstić information content (AvgIpc) is 2.67. The second-order valence-corrected chi connectivity index (χ2v) is 15.6. The van der Waals surface area contributed by atoms with Crippen LogP contribution < -0.4 is 9.74 Å². The van der Waals surface area contributed by atoms with Crippen molar-refractivity contribution in [3.63, 3.8) is 0 Å². The van der Waals surface area contributed by atoms with E-state index >= 15 is 0 Å². The molecule has 0 bridgehead atoms. The van der Waals surface area contributed by atoms with Crippen LogP contribution in [0, 0.1) is 3.57 Å². The van der Waals surface area contributed by atoms with Crippen LogP contribution >= 0.6 is 34.2 Å². The molecule has 0 saturated heterocycles. The van der Waals surface area contributed by atoms with E-state index in [1.807, 2.05) is 30.3 Å². The second kappa shape index (κ2) is 9.40. The van der Waals surface area contributed by atoms with E-state index in [-0.39, 0.29) is 0 Å². The van der Waals surface area contributed by atoms with Crippen molar-refractivity contribution in [3.8, 4) is 5.75 Å². The SMILES string of the molecule is CC(C)[Si](Oc1ccc(Nc2ncnc3ccc(I)cc23)cc1Cl)(C(C)C)C(C)C. The highest BCUT2D eigenvalue weighted by atomic mass is 127. The van der Waals surface area contributed by atoms with E-state index in [9.17, 15) is 0 Å². The van der Waals surface area contributed by atoms with Gasteiger partial charge in [-0.25, -0.2) is 9.97 Å². The zero-order chi connectivity index (χ0) is 22.1. The van der Waals surface area contributed by atoms with Crippen molar-refractivity contribution in [2.75, 3.05) is 5.32 Å². The molecule has 0 atom stereocenters. The minimum absolute atomic E-state index is 0.487. The lowest BCUT2D eigenvalue weighted by molar-refractivity contribution is 0.480. The first-order valence-electron chi connectivity index (χ1n) is 10.3. The fraction of sp³-hybridized carbons (Fsp3) is 0.391. The molecule has 0 aliphatic carbocycles. The van der Waals surface area contributed by atoms with Crippen molar-refractivity contribution in [2.45, 2.75) is 58.2 Å². The number of nitrogens with zero attached hydrogens (tertiary/aromatic N) is 2. The molecular weight excluding hydrogens is 525 g/mol. The van der Waals surface area contributed by atoms with Crippen molar-refractivity contribution < 1.29 is 4.43 Å². The summed E-state index contributed by atoms with van der Waals surface area (Å²) in [7, 11) is -2.06. The summed E-state index contributed by atoms with van der Waals surface area (Å²) < 4.78 is 7.90. The van der Waals surface area contributed by atoms with Gasteiger partial charge in [0, 0.05) is 14.6 Å². The van der Waals surface area contributed by atoms with Crippen LogP contribution in [0.2, 0.25) is 21.6 Å². The number of hydrogen-bond donors (Lipinski definition) is 1. The smallest absolute Gasteiger partial charge is 0.258 e. The molecule has 7 heteroatoms. The number of fused-ring (bicyclic) bond motifs is 1. The molecule has 1 N–H and O–H groups in total. The summed E-state index contributed by atoms with van der Waals surface area (Å²) >= 11 is 8.98. The van der Waals surface area contributed by atoms with Gasteiger partial charge in [-0.1, -0.05) is 53.1 Å². The third-order valence-corrected chi connectivity index (χ3v) is 12.7. The monoisotopic (exact) mass is 553 g/mol. The van der Waals surface area contributed by atoms with E-state index in [1.54, 1.807) is 6.33 Å². The molecule has 30 heavy (non-hydrogen) atoms. The highest BCUT2D eigenvalue weighted by molar-refractivity contribution is 14.1. The molecule has 0 amide bonds. The van der Waals surface area contributed by atoms with Gasteiger partial charge in [-0.15, -0.1) is 0 Å². The Morgan fingerprint density at radius 3 is 2.20 bits per heavy atom. The summed E-state index contributed by atoms with van der Waals surface area (Å²) in [5.41, 5.74) is 3.24. The van der Waals surface area contributed by atoms with Gasteiger partial charge < -0.3 is 9.74 Å². The number of benzene rings is 2. The lowest BCUT2D eigenvalue weighted by atomic mass is 10.2. The third kappa shape index (κ3) is 4.60. The minimum atomic E-state index is -2.06. The van der Waals surface area contributed by atoms with Gasteiger partial charge in [0.1, 0.15) is 17.9 Å². The van der Waals surface area contributed by atoms with Gasteiger partial charge in [-0.3, -0.25) is 0 Å². The van der Waals surface area contributed by atoms with E-state index in [0.717, 1.165) is 31.7 Å². The van der Waals surface area contributed by atoms with Gasteiger partial charge in [0.05, 0.1) is 10.5 Å². The Labute approximate surface area is 199 Å². The number of halogens is 2. The predicted octanol–water partition coefficient (Wildman–Crippen LogP) is 8.19. The first-order chi connectivity index (χ1) is 14.1. The molecule has 0 spiro atoms. The van der Waals surface area contributed by atoms with Crippen molar-refractivity contribution in [1.82, 2.24) is 9.97 Å². The lowest BCUT2D eigenvalue weighted by Crippen LogP contribution is -2.50. The average molecular weight is 554 g/mol. The van der Waals surface area contributed by atoms with Crippen LogP contribution in [0.1, 0.15) is 41.5 Å². The van der Waals surface area contributed by atoms with Crippen LogP contribution in [0.25, 0.3) is 10.9 Å². The van der Waals surface area contributed by atoms with E-state index < -0.39 is 8.32 Å². The van der Waals surface area contributed by atoms with Gasteiger partial charge in [0.15, 0.2) is 0 Å². The summed E-state index contributed by atoms with van der Waals surface area (Å²) in [6.45, 7) is 13.7. The quantitative estimate of drug-likeness (QED) is 0.237. The predicted molar refractivity (Wildman–Crippen MR) is 139 cm³/mol. The van der Waals surface area contributed by atoms with Crippen molar-refractivity contribution >= 4 is 64.9 Å². The van der Waals surface area contributed by atoms with Crippen LogP contribution in [0.3, 0.4) is 0 Å². The standard InChI is InChI=1S/C23H29ClIN3OSi/c1-14(2)30(15(3)4,16(5)6)29-22-10-8-18(12-20(22)24)28-23-19-11-17(25)7-9-21(19)26-13-27-23/h7-16H,1-6H3,(H,26,27,28). The highest BCUT2D eigenvalue weighted by Crippen LogP contribution is 2.44. The molecule has 4 nitrogen and oxygen atoms in total. The molecule has 3 rings (SSSR count). The minimum Gasteiger partial charge on any atom is -0.542 e. The van der Waals surface area contributed by atoms with Gasteiger partial charge >= 0.3 is 0 Å². The van der Waals surface area contributed by atoms with Crippen molar-refractivity contribution in [1.29, 1.82) is 0 Å². The van der Waals surface area contributed by atoms with Gasteiger partial charge in [0.25, 0.3) is 8.32 Å². The Morgan fingerprint density at radius 1 is 0.933 bits per heavy atom. The van der Waals surface area contributed by atoms with Crippen LogP contribution in [0.15, 0.2) is 42.7 Å². The second-order valence-electron chi connectivity index (χ2n) is 8.57. The summed E-state index contributed by atoms with van der Waals surface area (Å²) in [6.07, 6.45) is 1.57. The van der Waals surface area contributed by atoms with Gasteiger partial charge in [0.2, 0.25) is 0 Å².